The molecule has 0 aromatic rings. The van der Waals surface area contributed by atoms with E-state index >= 15 is 0 Å². The predicted octanol–water partition coefficient (Wildman–Crippen LogP) is 1.30. The van der Waals surface area contributed by atoms with Crippen molar-refractivity contribution in [2.75, 3.05) is 40.8 Å². The lowest BCUT2D eigenvalue weighted by Gasteiger charge is -2.47. The maximum atomic E-state index is 6.14. The molecule has 0 spiro atoms. The molecular weight excluding hydrogens is 238 g/mol. The predicted molar refractivity (Wildman–Crippen MR) is 79.3 cm³/mol. The Bertz CT molecular complexity index is 277. The molecule has 0 aromatic carbocycles. The molecule has 1 saturated heterocycles. The molecule has 1 atom stereocenters. The van der Waals surface area contributed by atoms with E-state index in [1.54, 1.807) is 0 Å². The van der Waals surface area contributed by atoms with Crippen molar-refractivity contribution in [1.82, 2.24) is 9.80 Å². The second-order valence-corrected chi connectivity index (χ2v) is 6.52. The Morgan fingerprint density at radius 1 is 1.32 bits per heavy atom. The van der Waals surface area contributed by atoms with Crippen LogP contribution in [-0.2, 0) is 4.74 Å². The quantitative estimate of drug-likeness (QED) is 0.817. The number of nitrogens with zero attached hydrogens (tertiary/aromatic N) is 2. The van der Waals surface area contributed by atoms with Crippen LogP contribution in [0.5, 0.6) is 0 Å². The summed E-state index contributed by atoms with van der Waals surface area (Å²) in [7, 11) is 6.35. The van der Waals surface area contributed by atoms with Gasteiger partial charge in [0.15, 0.2) is 0 Å². The number of nitrogens with two attached hydrogens (primary N) is 1. The van der Waals surface area contributed by atoms with Crippen LogP contribution in [0.2, 0.25) is 0 Å². The Morgan fingerprint density at radius 2 is 2.00 bits per heavy atom. The van der Waals surface area contributed by atoms with Crippen LogP contribution in [0, 0.1) is 0 Å². The third-order valence-corrected chi connectivity index (χ3v) is 5.54. The first-order valence-electron chi connectivity index (χ1n) is 7.75. The van der Waals surface area contributed by atoms with Crippen molar-refractivity contribution in [3.63, 3.8) is 0 Å². The molecule has 2 fully saturated rings. The first-order chi connectivity index (χ1) is 9.11. The Balaban J connectivity index is 1.93. The van der Waals surface area contributed by atoms with Crippen LogP contribution < -0.4 is 5.73 Å². The Hall–Kier alpha value is -0.160. The highest BCUT2D eigenvalue weighted by Crippen LogP contribution is 2.34. The SMILES string of the molecule is COC1CCC(CN)(N(C)CC2CCCN2C)CC1. The Morgan fingerprint density at radius 3 is 2.47 bits per heavy atom. The van der Waals surface area contributed by atoms with E-state index in [-0.39, 0.29) is 5.54 Å². The fourth-order valence-electron chi connectivity index (χ4n) is 3.83. The summed E-state index contributed by atoms with van der Waals surface area (Å²) in [6.07, 6.45) is 7.78. The van der Waals surface area contributed by atoms with Crippen molar-refractivity contribution in [1.29, 1.82) is 0 Å². The number of rotatable bonds is 5. The molecule has 1 aliphatic carbocycles. The van der Waals surface area contributed by atoms with Crippen LogP contribution in [0.25, 0.3) is 0 Å². The van der Waals surface area contributed by atoms with E-state index in [2.05, 4.69) is 23.9 Å². The van der Waals surface area contributed by atoms with Crippen LogP contribution >= 0.6 is 0 Å². The molecule has 1 saturated carbocycles. The molecular formula is C15H31N3O. The summed E-state index contributed by atoms with van der Waals surface area (Å²) >= 11 is 0. The van der Waals surface area contributed by atoms with Crippen molar-refractivity contribution in [2.24, 2.45) is 5.73 Å². The van der Waals surface area contributed by atoms with Gasteiger partial charge in [-0.2, -0.15) is 0 Å². The highest BCUT2D eigenvalue weighted by Gasteiger charge is 2.39. The summed E-state index contributed by atoms with van der Waals surface area (Å²) in [5, 5.41) is 0. The minimum absolute atomic E-state index is 0.207. The largest absolute Gasteiger partial charge is 0.381 e. The summed E-state index contributed by atoms with van der Waals surface area (Å²) in [5.74, 6) is 0. The van der Waals surface area contributed by atoms with Crippen molar-refractivity contribution < 1.29 is 4.74 Å². The molecule has 1 heterocycles. The molecule has 0 amide bonds. The summed E-state index contributed by atoms with van der Waals surface area (Å²) in [4.78, 5) is 5.05. The molecule has 2 rings (SSSR count). The highest BCUT2D eigenvalue weighted by atomic mass is 16.5. The molecule has 2 aliphatic rings. The van der Waals surface area contributed by atoms with Crippen LogP contribution in [0.4, 0.5) is 0 Å². The second kappa shape index (κ2) is 6.53. The Kier molecular flexibility index (Phi) is 5.23. The van der Waals surface area contributed by atoms with Crippen LogP contribution in [0.3, 0.4) is 0 Å². The minimum Gasteiger partial charge on any atom is -0.381 e. The van der Waals surface area contributed by atoms with Crippen molar-refractivity contribution in [2.45, 2.75) is 56.2 Å². The molecule has 1 unspecified atom stereocenters. The van der Waals surface area contributed by atoms with Gasteiger partial charge < -0.3 is 15.4 Å². The van der Waals surface area contributed by atoms with E-state index in [4.69, 9.17) is 10.5 Å². The van der Waals surface area contributed by atoms with Gasteiger partial charge in [-0.05, 0) is 59.2 Å². The molecule has 2 N–H and O–H groups in total. The van der Waals surface area contributed by atoms with Gasteiger partial charge in [-0.15, -0.1) is 0 Å². The average Bonchev–Trinajstić information content (AvgIpc) is 2.84. The lowest BCUT2D eigenvalue weighted by atomic mass is 9.79. The van der Waals surface area contributed by atoms with Gasteiger partial charge in [0.1, 0.15) is 0 Å². The zero-order valence-corrected chi connectivity index (χ0v) is 12.9. The van der Waals surface area contributed by atoms with Gasteiger partial charge in [0.25, 0.3) is 0 Å². The van der Waals surface area contributed by atoms with Gasteiger partial charge in [0, 0.05) is 31.8 Å². The molecule has 0 bridgehead atoms. The summed E-state index contributed by atoms with van der Waals surface area (Å²) in [6, 6.07) is 0.716. The minimum atomic E-state index is 0.207. The first-order valence-corrected chi connectivity index (χ1v) is 7.75. The van der Waals surface area contributed by atoms with Crippen LogP contribution in [0.15, 0.2) is 0 Å². The van der Waals surface area contributed by atoms with E-state index in [0.717, 1.165) is 25.9 Å². The molecule has 0 radical (unpaired) electrons. The Labute approximate surface area is 118 Å². The number of ether oxygens (including phenoxy) is 1. The van der Waals surface area contributed by atoms with Gasteiger partial charge in [0.05, 0.1) is 6.10 Å². The molecule has 4 nitrogen and oxygen atoms in total. The van der Waals surface area contributed by atoms with E-state index in [9.17, 15) is 0 Å². The number of hydrogen-bond donors (Lipinski definition) is 1. The topological polar surface area (TPSA) is 41.7 Å². The normalized spacial score (nSPS) is 37.1. The summed E-state index contributed by atoms with van der Waals surface area (Å²) in [5.41, 5.74) is 6.35. The van der Waals surface area contributed by atoms with Crippen molar-refractivity contribution >= 4 is 0 Å². The monoisotopic (exact) mass is 269 g/mol. The fraction of sp³-hybridized carbons (Fsp3) is 1.00. The second-order valence-electron chi connectivity index (χ2n) is 6.52. The van der Waals surface area contributed by atoms with E-state index in [0.29, 0.717) is 12.1 Å². The van der Waals surface area contributed by atoms with Gasteiger partial charge in [-0.3, -0.25) is 4.90 Å². The lowest BCUT2D eigenvalue weighted by molar-refractivity contribution is -0.00283. The third kappa shape index (κ3) is 3.30. The number of likely N-dealkylation sites (N-methyl/N-ethyl adjacent to an activating group) is 2. The standard InChI is InChI=1S/C15H31N3O/c1-17-10-4-5-13(17)11-18(2)15(12-16)8-6-14(19-3)7-9-15/h13-14H,4-12,16H2,1-3H3. The van der Waals surface area contributed by atoms with Gasteiger partial charge >= 0.3 is 0 Å². The van der Waals surface area contributed by atoms with E-state index in [1.165, 1.54) is 32.2 Å². The van der Waals surface area contributed by atoms with Crippen LogP contribution in [0.1, 0.15) is 38.5 Å². The molecule has 4 heteroatoms. The van der Waals surface area contributed by atoms with Crippen molar-refractivity contribution in [3.05, 3.63) is 0 Å². The van der Waals surface area contributed by atoms with E-state index in [1.807, 2.05) is 7.11 Å². The molecule has 112 valence electrons. The zero-order valence-electron chi connectivity index (χ0n) is 12.9. The molecule has 19 heavy (non-hydrogen) atoms. The summed E-state index contributed by atoms with van der Waals surface area (Å²) < 4.78 is 5.49. The van der Waals surface area contributed by atoms with Gasteiger partial charge in [-0.25, -0.2) is 0 Å². The number of hydrogen-bond acceptors (Lipinski definition) is 4. The maximum Gasteiger partial charge on any atom is 0.0572 e. The number of methoxy groups -OCH3 is 1. The van der Waals surface area contributed by atoms with Crippen LogP contribution in [-0.4, -0.2) is 68.3 Å². The lowest BCUT2D eigenvalue weighted by Crippen LogP contribution is -2.57. The van der Waals surface area contributed by atoms with Gasteiger partial charge in [-0.1, -0.05) is 0 Å². The smallest absolute Gasteiger partial charge is 0.0572 e. The van der Waals surface area contributed by atoms with E-state index < -0.39 is 0 Å². The zero-order chi connectivity index (χ0) is 13.9. The number of likely N-dealkylation sites (tertiary alicyclic amines) is 1. The summed E-state index contributed by atoms with van der Waals surface area (Å²) in [6.45, 7) is 3.18. The average molecular weight is 269 g/mol. The molecule has 0 aromatic heterocycles. The third-order valence-electron chi connectivity index (χ3n) is 5.54. The van der Waals surface area contributed by atoms with Gasteiger partial charge in [0.2, 0.25) is 0 Å². The highest BCUT2D eigenvalue weighted by molar-refractivity contribution is 4.96. The molecule has 1 aliphatic heterocycles. The fourth-order valence-corrected chi connectivity index (χ4v) is 3.83. The first kappa shape index (κ1) is 15.2. The maximum absolute atomic E-state index is 6.14. The van der Waals surface area contributed by atoms with Crippen molar-refractivity contribution in [3.8, 4) is 0 Å².